The van der Waals surface area contributed by atoms with E-state index >= 15 is 0 Å². The molecule has 130 valence electrons. The predicted molar refractivity (Wildman–Crippen MR) is 92.3 cm³/mol. The van der Waals surface area contributed by atoms with Crippen molar-refractivity contribution >= 4 is 0 Å². The molecule has 1 fully saturated rings. The first-order valence-electron chi connectivity index (χ1n) is 8.53. The monoisotopic (exact) mass is 322 g/mol. The average molecular weight is 322 g/mol. The van der Waals surface area contributed by atoms with Gasteiger partial charge in [0.25, 0.3) is 0 Å². The summed E-state index contributed by atoms with van der Waals surface area (Å²) in [5, 5.41) is 3.50. The van der Waals surface area contributed by atoms with Gasteiger partial charge >= 0.3 is 0 Å². The van der Waals surface area contributed by atoms with Crippen molar-refractivity contribution in [3.8, 4) is 11.5 Å². The van der Waals surface area contributed by atoms with Crippen LogP contribution in [0.2, 0.25) is 0 Å². The second-order valence-electron chi connectivity index (χ2n) is 6.14. The van der Waals surface area contributed by atoms with Crippen molar-refractivity contribution in [2.24, 2.45) is 0 Å². The predicted octanol–water partition coefficient (Wildman–Crippen LogP) is 2.29. The molecule has 0 unspecified atom stereocenters. The van der Waals surface area contributed by atoms with Gasteiger partial charge in [-0.2, -0.15) is 0 Å². The van der Waals surface area contributed by atoms with Crippen LogP contribution in [0, 0.1) is 0 Å². The smallest absolute Gasteiger partial charge is 0.161 e. The Kier molecular flexibility index (Phi) is 7.65. The van der Waals surface area contributed by atoms with Gasteiger partial charge < -0.3 is 19.5 Å². The minimum Gasteiger partial charge on any atom is -0.493 e. The average Bonchev–Trinajstić information content (AvgIpc) is 2.56. The number of hydrogen-bond acceptors (Lipinski definition) is 5. The Balaban J connectivity index is 1.70. The van der Waals surface area contributed by atoms with Gasteiger partial charge in [0.2, 0.25) is 0 Å². The highest BCUT2D eigenvalue weighted by atomic mass is 16.5. The fourth-order valence-electron chi connectivity index (χ4n) is 2.66. The molecule has 1 saturated heterocycles. The van der Waals surface area contributed by atoms with Crippen molar-refractivity contribution in [2.45, 2.75) is 32.9 Å². The maximum absolute atomic E-state index is 5.74. The summed E-state index contributed by atoms with van der Waals surface area (Å²) in [6, 6.07) is 6.13. The van der Waals surface area contributed by atoms with Gasteiger partial charge in [-0.05, 0) is 51.1 Å². The van der Waals surface area contributed by atoms with Crippen LogP contribution in [-0.4, -0.2) is 57.5 Å². The van der Waals surface area contributed by atoms with Crippen LogP contribution in [0.4, 0.5) is 0 Å². The summed E-state index contributed by atoms with van der Waals surface area (Å²) in [7, 11) is 1.68. The maximum atomic E-state index is 5.74. The van der Waals surface area contributed by atoms with Crippen LogP contribution in [0.5, 0.6) is 11.5 Å². The van der Waals surface area contributed by atoms with Gasteiger partial charge in [0.05, 0.1) is 26.4 Å². The van der Waals surface area contributed by atoms with Crippen molar-refractivity contribution in [1.29, 1.82) is 0 Å². The Morgan fingerprint density at radius 1 is 1.22 bits per heavy atom. The van der Waals surface area contributed by atoms with Gasteiger partial charge in [-0.25, -0.2) is 0 Å². The highest BCUT2D eigenvalue weighted by molar-refractivity contribution is 5.43. The van der Waals surface area contributed by atoms with E-state index in [2.05, 4.69) is 16.3 Å². The summed E-state index contributed by atoms with van der Waals surface area (Å²) in [5.41, 5.74) is 1.21. The van der Waals surface area contributed by atoms with Crippen molar-refractivity contribution in [3.05, 3.63) is 23.8 Å². The molecule has 23 heavy (non-hydrogen) atoms. The van der Waals surface area contributed by atoms with E-state index in [4.69, 9.17) is 14.2 Å². The fraction of sp³-hybridized carbons (Fsp3) is 0.667. The summed E-state index contributed by atoms with van der Waals surface area (Å²) < 4.78 is 16.5. The van der Waals surface area contributed by atoms with Crippen molar-refractivity contribution < 1.29 is 14.2 Å². The Bertz CT molecular complexity index is 460. The topological polar surface area (TPSA) is 43.0 Å². The molecule has 0 atom stereocenters. The second kappa shape index (κ2) is 9.75. The van der Waals surface area contributed by atoms with Gasteiger partial charge in [0.1, 0.15) is 0 Å². The van der Waals surface area contributed by atoms with Crippen molar-refractivity contribution in [1.82, 2.24) is 10.2 Å². The van der Waals surface area contributed by atoms with Crippen molar-refractivity contribution in [3.63, 3.8) is 0 Å². The number of nitrogens with zero attached hydrogens (tertiary/aromatic N) is 1. The van der Waals surface area contributed by atoms with Crippen LogP contribution in [0.3, 0.4) is 0 Å². The molecule has 0 bridgehead atoms. The normalized spacial score (nSPS) is 15.8. The molecule has 0 saturated carbocycles. The highest BCUT2D eigenvalue weighted by Gasteiger charge is 2.09. The number of ether oxygens (including phenoxy) is 3. The summed E-state index contributed by atoms with van der Waals surface area (Å²) in [6.45, 7) is 10.9. The molecule has 0 aromatic heterocycles. The molecule has 1 N–H and O–H groups in total. The quantitative estimate of drug-likeness (QED) is 0.707. The third kappa shape index (κ3) is 6.37. The third-order valence-corrected chi connectivity index (χ3v) is 3.85. The standard InChI is InChI=1S/C18H30N2O3/c1-15(2)23-17-6-5-16(13-18(17)21-3)14-19-7-4-8-20-9-11-22-12-10-20/h5-6,13,15,19H,4,7-12,14H2,1-3H3. The third-order valence-electron chi connectivity index (χ3n) is 3.85. The van der Waals surface area contributed by atoms with Gasteiger partial charge in [-0.15, -0.1) is 0 Å². The van der Waals surface area contributed by atoms with E-state index in [1.54, 1.807) is 7.11 Å². The van der Waals surface area contributed by atoms with Crippen LogP contribution in [-0.2, 0) is 11.3 Å². The SMILES string of the molecule is COc1cc(CNCCCN2CCOCC2)ccc1OC(C)C. The van der Waals surface area contributed by atoms with Crippen LogP contribution in [0.1, 0.15) is 25.8 Å². The molecular weight excluding hydrogens is 292 g/mol. The molecule has 1 aliphatic heterocycles. The lowest BCUT2D eigenvalue weighted by Crippen LogP contribution is -2.37. The first-order chi connectivity index (χ1) is 11.2. The summed E-state index contributed by atoms with van der Waals surface area (Å²) in [5.74, 6) is 1.60. The first kappa shape index (κ1) is 18.0. The Morgan fingerprint density at radius 2 is 2.00 bits per heavy atom. The molecule has 0 amide bonds. The molecule has 0 aliphatic carbocycles. The number of methoxy groups -OCH3 is 1. The second-order valence-corrected chi connectivity index (χ2v) is 6.14. The van der Waals surface area contributed by atoms with Crippen LogP contribution in [0.15, 0.2) is 18.2 Å². The van der Waals surface area contributed by atoms with Crippen molar-refractivity contribution in [2.75, 3.05) is 46.5 Å². The lowest BCUT2D eigenvalue weighted by Gasteiger charge is -2.26. The lowest BCUT2D eigenvalue weighted by molar-refractivity contribution is 0.0374. The number of rotatable bonds is 9. The molecule has 1 aliphatic rings. The zero-order chi connectivity index (χ0) is 16.5. The number of benzene rings is 1. The van der Waals surface area contributed by atoms with Crippen LogP contribution >= 0.6 is 0 Å². The van der Waals surface area contributed by atoms with E-state index < -0.39 is 0 Å². The molecular formula is C18H30N2O3. The minimum atomic E-state index is 0.146. The molecule has 5 heteroatoms. The molecule has 2 rings (SSSR count). The largest absolute Gasteiger partial charge is 0.493 e. The van der Waals surface area contributed by atoms with Crippen LogP contribution < -0.4 is 14.8 Å². The molecule has 1 aromatic rings. The Morgan fingerprint density at radius 3 is 2.70 bits per heavy atom. The molecule has 1 aromatic carbocycles. The van der Waals surface area contributed by atoms with E-state index in [1.165, 1.54) is 5.56 Å². The summed E-state index contributed by atoms with van der Waals surface area (Å²) in [4.78, 5) is 2.46. The van der Waals surface area contributed by atoms with E-state index in [0.29, 0.717) is 0 Å². The Hall–Kier alpha value is -1.30. The Labute approximate surface area is 139 Å². The lowest BCUT2D eigenvalue weighted by atomic mass is 10.2. The van der Waals surface area contributed by atoms with Crippen LogP contribution in [0.25, 0.3) is 0 Å². The zero-order valence-electron chi connectivity index (χ0n) is 14.6. The van der Waals surface area contributed by atoms with E-state index in [0.717, 1.165) is 63.9 Å². The van der Waals surface area contributed by atoms with Gasteiger partial charge in [0, 0.05) is 19.6 Å². The van der Waals surface area contributed by atoms with Gasteiger partial charge in [0.15, 0.2) is 11.5 Å². The molecule has 1 heterocycles. The molecule has 0 spiro atoms. The molecule has 5 nitrogen and oxygen atoms in total. The fourth-order valence-corrected chi connectivity index (χ4v) is 2.66. The zero-order valence-corrected chi connectivity index (χ0v) is 14.6. The minimum absolute atomic E-state index is 0.146. The number of hydrogen-bond donors (Lipinski definition) is 1. The van der Waals surface area contributed by atoms with Gasteiger partial charge in [-0.1, -0.05) is 6.07 Å². The van der Waals surface area contributed by atoms with E-state index in [-0.39, 0.29) is 6.10 Å². The van der Waals surface area contributed by atoms with E-state index in [1.807, 2.05) is 26.0 Å². The van der Waals surface area contributed by atoms with E-state index in [9.17, 15) is 0 Å². The number of morpholine rings is 1. The molecule has 0 radical (unpaired) electrons. The first-order valence-corrected chi connectivity index (χ1v) is 8.53. The highest BCUT2D eigenvalue weighted by Crippen LogP contribution is 2.28. The van der Waals surface area contributed by atoms with Gasteiger partial charge in [-0.3, -0.25) is 4.90 Å². The summed E-state index contributed by atoms with van der Waals surface area (Å²) in [6.07, 6.45) is 1.30. The number of nitrogens with one attached hydrogen (secondary N) is 1. The maximum Gasteiger partial charge on any atom is 0.161 e. The summed E-state index contributed by atoms with van der Waals surface area (Å²) >= 11 is 0.